The summed E-state index contributed by atoms with van der Waals surface area (Å²) in [6.45, 7) is -0.819. The van der Waals surface area contributed by atoms with Crippen molar-refractivity contribution in [2.75, 3.05) is 13.2 Å². The van der Waals surface area contributed by atoms with E-state index in [1.54, 1.807) is 0 Å². The van der Waals surface area contributed by atoms with Crippen molar-refractivity contribution in [3.8, 4) is 0 Å². The van der Waals surface area contributed by atoms with Gasteiger partial charge in [0.2, 0.25) is 25.2 Å². The van der Waals surface area contributed by atoms with Crippen LogP contribution in [0.25, 0.3) is 0 Å². The molecule has 2 fully saturated rings. The second-order valence-electron chi connectivity index (χ2n) is 4.52. The molecule has 0 aromatic rings. The maximum absolute atomic E-state index is 10.1. The zero-order valence-corrected chi connectivity index (χ0v) is 10.3. The second kappa shape index (κ2) is 6.58. The molecule has 2 aliphatic heterocycles. The molecule has 2 saturated heterocycles. The minimum absolute atomic E-state index is 0.240. The molecule has 0 aliphatic carbocycles. The van der Waals surface area contributed by atoms with Crippen LogP contribution < -0.4 is 0 Å². The largest absolute Gasteiger partial charge is 0.394 e. The Bertz CT molecular complexity index is 314. The van der Waals surface area contributed by atoms with Crippen molar-refractivity contribution in [1.29, 1.82) is 0 Å². The van der Waals surface area contributed by atoms with Gasteiger partial charge in [-0.05, 0) is 0 Å². The van der Waals surface area contributed by atoms with E-state index in [9.17, 15) is 20.4 Å². The number of aliphatic hydroxyl groups is 6. The molecule has 10 heteroatoms. The highest BCUT2D eigenvalue weighted by Crippen LogP contribution is 2.25. The fourth-order valence-corrected chi connectivity index (χ4v) is 2.04. The predicted octanol–water partition coefficient (Wildman–Crippen LogP) is -4.19. The summed E-state index contributed by atoms with van der Waals surface area (Å²) in [6.07, 6.45) is -11.3. The molecule has 0 spiro atoms. The Hall–Kier alpha value is -0.400. The van der Waals surface area contributed by atoms with Gasteiger partial charge in [-0.3, -0.25) is 0 Å². The number of ether oxygens (including phenoxy) is 4. The number of hydrogen-bond acceptors (Lipinski definition) is 10. The van der Waals surface area contributed by atoms with Gasteiger partial charge in [-0.2, -0.15) is 0 Å². The smallest absolute Gasteiger partial charge is 0.207 e. The molecule has 10 nitrogen and oxygen atoms in total. The topological polar surface area (TPSA) is 158 Å². The summed E-state index contributed by atoms with van der Waals surface area (Å²) in [6, 6.07) is 0. The molecule has 0 aromatic carbocycles. The normalized spacial score (nSPS) is 48.0. The fourth-order valence-electron chi connectivity index (χ4n) is 2.04. The van der Waals surface area contributed by atoms with Crippen LogP contribution in [-0.4, -0.2) is 93.4 Å². The van der Waals surface area contributed by atoms with Crippen LogP contribution in [-0.2, 0) is 18.9 Å². The lowest BCUT2D eigenvalue weighted by molar-refractivity contribution is -0.372. The van der Waals surface area contributed by atoms with Crippen molar-refractivity contribution in [2.24, 2.45) is 0 Å². The van der Waals surface area contributed by atoms with E-state index in [2.05, 4.69) is 0 Å². The summed E-state index contributed by atoms with van der Waals surface area (Å²) in [7, 11) is 0. The summed E-state index contributed by atoms with van der Waals surface area (Å²) in [5.41, 5.74) is 0. The second-order valence-corrected chi connectivity index (χ2v) is 4.52. The fraction of sp³-hybridized carbons (Fsp3) is 1.00. The monoisotopic (exact) mass is 298 g/mol. The molecule has 0 bridgehead atoms. The molecule has 6 N–H and O–H groups in total. The van der Waals surface area contributed by atoms with E-state index >= 15 is 0 Å². The molecule has 4 unspecified atom stereocenters. The van der Waals surface area contributed by atoms with Gasteiger partial charge in [0.15, 0.2) is 0 Å². The van der Waals surface area contributed by atoms with Crippen LogP contribution in [0.15, 0.2) is 0 Å². The molecular formula is C10H18O10. The zero-order valence-electron chi connectivity index (χ0n) is 10.3. The third kappa shape index (κ3) is 3.26. The Balaban J connectivity index is 2.01. The van der Waals surface area contributed by atoms with Crippen LogP contribution >= 0.6 is 0 Å². The quantitative estimate of drug-likeness (QED) is 0.302. The molecule has 20 heavy (non-hydrogen) atoms. The van der Waals surface area contributed by atoms with Gasteiger partial charge in [0.1, 0.15) is 24.4 Å². The first-order valence-corrected chi connectivity index (χ1v) is 6.03. The highest BCUT2D eigenvalue weighted by molar-refractivity contribution is 4.88. The van der Waals surface area contributed by atoms with Crippen molar-refractivity contribution in [3.05, 3.63) is 0 Å². The van der Waals surface area contributed by atoms with Crippen LogP contribution in [0.1, 0.15) is 0 Å². The van der Waals surface area contributed by atoms with Gasteiger partial charge in [-0.1, -0.05) is 0 Å². The average molecular weight is 298 g/mol. The van der Waals surface area contributed by atoms with E-state index in [0.717, 1.165) is 0 Å². The average Bonchev–Trinajstić information content (AvgIpc) is 2.43. The van der Waals surface area contributed by atoms with E-state index in [1.165, 1.54) is 0 Å². The molecule has 118 valence electrons. The highest BCUT2D eigenvalue weighted by atomic mass is 16.7. The number of aliphatic hydroxyl groups excluding tert-OH is 6. The third-order valence-corrected chi connectivity index (χ3v) is 3.11. The van der Waals surface area contributed by atoms with Gasteiger partial charge < -0.3 is 49.6 Å². The van der Waals surface area contributed by atoms with Crippen LogP contribution in [0, 0.1) is 0 Å². The van der Waals surface area contributed by atoms with Crippen LogP contribution in [0.3, 0.4) is 0 Å². The molecule has 0 saturated carbocycles. The molecule has 0 amide bonds. The van der Waals surface area contributed by atoms with E-state index < -0.39 is 56.2 Å². The Morgan fingerprint density at radius 2 is 1.50 bits per heavy atom. The van der Waals surface area contributed by atoms with Gasteiger partial charge in [-0.15, -0.1) is 0 Å². The molecule has 2 rings (SSSR count). The van der Waals surface area contributed by atoms with Crippen molar-refractivity contribution in [1.82, 2.24) is 0 Å². The van der Waals surface area contributed by atoms with E-state index in [-0.39, 0.29) is 6.61 Å². The van der Waals surface area contributed by atoms with Crippen LogP contribution in [0.2, 0.25) is 0 Å². The Labute approximate surface area is 113 Å². The van der Waals surface area contributed by atoms with Crippen molar-refractivity contribution >= 4 is 0 Å². The Morgan fingerprint density at radius 3 is 2.10 bits per heavy atom. The van der Waals surface area contributed by atoms with E-state index in [0.29, 0.717) is 0 Å². The summed E-state index contributed by atoms with van der Waals surface area (Å²) < 4.78 is 19.6. The lowest BCUT2D eigenvalue weighted by atomic mass is 10.0. The highest BCUT2D eigenvalue weighted by Gasteiger charge is 2.45. The lowest BCUT2D eigenvalue weighted by Crippen LogP contribution is -2.60. The van der Waals surface area contributed by atoms with Crippen LogP contribution in [0.4, 0.5) is 0 Å². The summed E-state index contributed by atoms with van der Waals surface area (Å²) in [5, 5.41) is 56.2. The predicted molar refractivity (Wildman–Crippen MR) is 57.7 cm³/mol. The minimum atomic E-state index is -1.70. The zero-order chi connectivity index (χ0) is 14.9. The van der Waals surface area contributed by atoms with E-state index in [4.69, 9.17) is 29.2 Å². The first-order valence-electron chi connectivity index (χ1n) is 6.03. The SMILES string of the molecule is OC[C@H]1OC(O)C(O)O[C@H]1[C@H](O)[C@@H]1COC(O)C(O)O1. The van der Waals surface area contributed by atoms with Gasteiger partial charge in [0.25, 0.3) is 0 Å². The standard InChI is InChI=1S/C10H18O10/c11-1-3-6(20-10(16)9(15)18-3)5(12)4-2-17-7(13)8(14)19-4/h3-16H,1-2H2/t3-,4+,5-,6-,7?,8?,9?,10?/m1/s1. The van der Waals surface area contributed by atoms with Crippen molar-refractivity contribution < 1.29 is 49.6 Å². The van der Waals surface area contributed by atoms with Gasteiger partial charge in [-0.25, -0.2) is 0 Å². The minimum Gasteiger partial charge on any atom is -0.394 e. The molecule has 0 aromatic heterocycles. The summed E-state index contributed by atoms with van der Waals surface area (Å²) in [5.74, 6) is 0. The first kappa shape index (κ1) is 16.0. The molecule has 8 atom stereocenters. The van der Waals surface area contributed by atoms with Crippen molar-refractivity contribution in [2.45, 2.75) is 49.6 Å². The third-order valence-electron chi connectivity index (χ3n) is 3.11. The van der Waals surface area contributed by atoms with Crippen LogP contribution in [0.5, 0.6) is 0 Å². The first-order chi connectivity index (χ1) is 9.43. The molecule has 2 aliphatic rings. The Morgan fingerprint density at radius 1 is 0.900 bits per heavy atom. The lowest BCUT2D eigenvalue weighted by Gasteiger charge is -2.42. The molecule has 0 radical (unpaired) electrons. The van der Waals surface area contributed by atoms with E-state index in [1.807, 2.05) is 0 Å². The van der Waals surface area contributed by atoms with Crippen molar-refractivity contribution in [3.63, 3.8) is 0 Å². The van der Waals surface area contributed by atoms with Gasteiger partial charge in [0.05, 0.1) is 13.2 Å². The number of rotatable bonds is 3. The number of hydrogen-bond donors (Lipinski definition) is 6. The summed E-state index contributed by atoms with van der Waals surface area (Å²) >= 11 is 0. The Kier molecular flexibility index (Phi) is 5.25. The maximum atomic E-state index is 10.1. The molecular weight excluding hydrogens is 280 g/mol. The maximum Gasteiger partial charge on any atom is 0.207 e. The van der Waals surface area contributed by atoms with Gasteiger partial charge >= 0.3 is 0 Å². The molecule has 2 heterocycles. The van der Waals surface area contributed by atoms with Gasteiger partial charge in [0, 0.05) is 0 Å². The summed E-state index contributed by atoms with van der Waals surface area (Å²) in [4.78, 5) is 0.